The Bertz CT molecular complexity index is 791. The van der Waals surface area contributed by atoms with Crippen molar-refractivity contribution in [2.24, 2.45) is 5.10 Å². The molecule has 5 nitrogen and oxygen atoms in total. The molecule has 2 aromatic carbocycles. The van der Waals surface area contributed by atoms with Gasteiger partial charge in [-0.15, -0.1) is 5.01 Å². The Labute approximate surface area is 142 Å². The fraction of sp³-hybridized carbons (Fsp3) is 0.118. The Morgan fingerprint density at radius 3 is 2.57 bits per heavy atom. The molecule has 6 heteroatoms. The van der Waals surface area contributed by atoms with Gasteiger partial charge in [-0.25, -0.2) is 4.79 Å². The molecule has 0 aliphatic carbocycles. The SMILES string of the molecule is C[C@]1(c2ccccc2)NC(=O)N(/N=C\c2cccc(Br)c2)C1=O. The van der Waals surface area contributed by atoms with Gasteiger partial charge < -0.3 is 5.32 Å². The first-order chi connectivity index (χ1) is 11.0. The average molecular weight is 372 g/mol. The summed E-state index contributed by atoms with van der Waals surface area (Å²) in [5.41, 5.74) is 0.402. The fourth-order valence-corrected chi connectivity index (χ4v) is 2.82. The van der Waals surface area contributed by atoms with E-state index in [1.165, 1.54) is 6.21 Å². The van der Waals surface area contributed by atoms with E-state index in [1.807, 2.05) is 42.5 Å². The lowest BCUT2D eigenvalue weighted by atomic mass is 9.92. The Morgan fingerprint density at radius 2 is 1.87 bits per heavy atom. The summed E-state index contributed by atoms with van der Waals surface area (Å²) < 4.78 is 0.896. The molecule has 0 saturated carbocycles. The minimum atomic E-state index is -1.10. The van der Waals surface area contributed by atoms with Gasteiger partial charge in [0.1, 0.15) is 5.54 Å². The topological polar surface area (TPSA) is 61.8 Å². The van der Waals surface area contributed by atoms with Gasteiger partial charge >= 0.3 is 6.03 Å². The fourth-order valence-electron chi connectivity index (χ4n) is 2.41. The van der Waals surface area contributed by atoms with Crippen LogP contribution in [0.15, 0.2) is 64.2 Å². The number of amides is 3. The van der Waals surface area contributed by atoms with Gasteiger partial charge in [-0.2, -0.15) is 5.10 Å². The number of hydrogen-bond acceptors (Lipinski definition) is 3. The first-order valence-electron chi connectivity index (χ1n) is 7.02. The van der Waals surface area contributed by atoms with Crippen molar-refractivity contribution in [2.75, 3.05) is 0 Å². The van der Waals surface area contributed by atoms with Gasteiger partial charge in [0.25, 0.3) is 5.91 Å². The predicted molar refractivity (Wildman–Crippen MR) is 90.9 cm³/mol. The number of hydrazone groups is 1. The van der Waals surface area contributed by atoms with E-state index in [0.717, 1.165) is 20.6 Å². The summed E-state index contributed by atoms with van der Waals surface area (Å²) in [4.78, 5) is 24.8. The molecule has 23 heavy (non-hydrogen) atoms. The number of benzene rings is 2. The zero-order valence-corrected chi connectivity index (χ0v) is 13.9. The zero-order chi connectivity index (χ0) is 16.4. The maximum Gasteiger partial charge on any atom is 0.346 e. The van der Waals surface area contributed by atoms with E-state index in [2.05, 4.69) is 26.3 Å². The molecular formula is C17H14BrN3O2. The number of carbonyl (C=O) groups excluding carboxylic acids is 2. The molecule has 1 saturated heterocycles. The molecule has 0 unspecified atom stereocenters. The van der Waals surface area contributed by atoms with Crippen LogP contribution in [0, 0.1) is 0 Å². The first-order valence-corrected chi connectivity index (χ1v) is 7.82. The maximum atomic E-state index is 12.6. The number of imide groups is 1. The number of nitrogens with one attached hydrogen (secondary N) is 1. The lowest BCUT2D eigenvalue weighted by Gasteiger charge is -2.20. The van der Waals surface area contributed by atoms with Crippen LogP contribution in [0.3, 0.4) is 0 Å². The Kier molecular flexibility index (Phi) is 4.00. The Balaban J connectivity index is 1.87. The van der Waals surface area contributed by atoms with Crippen LogP contribution in [0.25, 0.3) is 0 Å². The highest BCUT2D eigenvalue weighted by atomic mass is 79.9. The van der Waals surface area contributed by atoms with Crippen LogP contribution in [0.2, 0.25) is 0 Å². The predicted octanol–water partition coefficient (Wildman–Crippen LogP) is 3.25. The molecule has 1 N–H and O–H groups in total. The van der Waals surface area contributed by atoms with Crippen LogP contribution < -0.4 is 5.32 Å². The molecule has 116 valence electrons. The van der Waals surface area contributed by atoms with E-state index in [-0.39, 0.29) is 0 Å². The number of halogens is 1. The molecular weight excluding hydrogens is 358 g/mol. The van der Waals surface area contributed by atoms with Crippen molar-refractivity contribution < 1.29 is 9.59 Å². The van der Waals surface area contributed by atoms with Crippen LogP contribution in [0.4, 0.5) is 4.79 Å². The van der Waals surface area contributed by atoms with Gasteiger partial charge in [0.15, 0.2) is 0 Å². The summed E-state index contributed by atoms with van der Waals surface area (Å²) in [7, 11) is 0. The molecule has 1 aliphatic rings. The number of hydrogen-bond donors (Lipinski definition) is 1. The smallest absolute Gasteiger partial charge is 0.318 e. The molecule has 0 bridgehead atoms. The van der Waals surface area contributed by atoms with E-state index in [4.69, 9.17) is 0 Å². The lowest BCUT2D eigenvalue weighted by molar-refractivity contribution is -0.131. The quantitative estimate of drug-likeness (QED) is 0.664. The minimum Gasteiger partial charge on any atom is -0.318 e. The van der Waals surface area contributed by atoms with Crippen molar-refractivity contribution in [3.8, 4) is 0 Å². The van der Waals surface area contributed by atoms with Crippen molar-refractivity contribution in [1.82, 2.24) is 10.3 Å². The van der Waals surface area contributed by atoms with Gasteiger partial charge in [-0.05, 0) is 30.2 Å². The van der Waals surface area contributed by atoms with Gasteiger partial charge in [0.05, 0.1) is 6.21 Å². The number of nitrogens with zero attached hydrogens (tertiary/aromatic N) is 2. The first kappa shape index (κ1) is 15.4. The molecule has 3 rings (SSSR count). The van der Waals surface area contributed by atoms with Crippen LogP contribution in [0.1, 0.15) is 18.1 Å². The Hall–Kier alpha value is -2.47. The molecule has 1 fully saturated rings. The normalized spacial score (nSPS) is 21.0. The maximum absolute atomic E-state index is 12.6. The summed E-state index contributed by atoms with van der Waals surface area (Å²) in [5.74, 6) is -0.403. The van der Waals surface area contributed by atoms with Crippen LogP contribution >= 0.6 is 15.9 Å². The minimum absolute atomic E-state index is 0.403. The summed E-state index contributed by atoms with van der Waals surface area (Å²) in [5, 5.41) is 7.62. The van der Waals surface area contributed by atoms with E-state index >= 15 is 0 Å². The highest BCUT2D eigenvalue weighted by Crippen LogP contribution is 2.28. The third-order valence-electron chi connectivity index (χ3n) is 3.69. The van der Waals surface area contributed by atoms with Crippen LogP contribution in [-0.4, -0.2) is 23.2 Å². The lowest BCUT2D eigenvalue weighted by Crippen LogP contribution is -2.40. The number of urea groups is 1. The largest absolute Gasteiger partial charge is 0.346 e. The second-order valence-electron chi connectivity index (χ2n) is 5.34. The molecule has 0 radical (unpaired) electrons. The number of carbonyl (C=O) groups is 2. The molecule has 2 aromatic rings. The molecule has 1 atom stereocenters. The Morgan fingerprint density at radius 1 is 1.13 bits per heavy atom. The third-order valence-corrected chi connectivity index (χ3v) is 4.18. The average Bonchev–Trinajstić information content (AvgIpc) is 2.77. The van der Waals surface area contributed by atoms with E-state index in [9.17, 15) is 9.59 Å². The zero-order valence-electron chi connectivity index (χ0n) is 12.4. The summed E-state index contributed by atoms with van der Waals surface area (Å²) in [6.45, 7) is 1.68. The highest BCUT2D eigenvalue weighted by molar-refractivity contribution is 9.10. The molecule has 3 amide bonds. The van der Waals surface area contributed by atoms with Gasteiger partial charge in [-0.3, -0.25) is 4.79 Å². The van der Waals surface area contributed by atoms with Crippen molar-refractivity contribution >= 4 is 34.1 Å². The molecule has 1 aliphatic heterocycles. The van der Waals surface area contributed by atoms with Crippen LogP contribution in [-0.2, 0) is 10.3 Å². The van der Waals surface area contributed by atoms with Crippen molar-refractivity contribution in [1.29, 1.82) is 0 Å². The van der Waals surface area contributed by atoms with Gasteiger partial charge in [0.2, 0.25) is 0 Å². The van der Waals surface area contributed by atoms with Gasteiger partial charge in [-0.1, -0.05) is 58.4 Å². The standard InChI is InChI=1S/C17H14BrN3O2/c1-17(13-7-3-2-4-8-13)15(22)21(16(23)20-17)19-11-12-6-5-9-14(18)10-12/h2-11H,1H3,(H,20,23)/b19-11-/t17-/m1/s1. The van der Waals surface area contributed by atoms with Gasteiger partial charge in [0, 0.05) is 4.47 Å². The molecule has 0 spiro atoms. The molecule has 0 aromatic heterocycles. The summed E-state index contributed by atoms with van der Waals surface area (Å²) >= 11 is 3.37. The second kappa shape index (κ2) is 5.96. The second-order valence-corrected chi connectivity index (χ2v) is 6.25. The third kappa shape index (κ3) is 2.90. The highest BCUT2D eigenvalue weighted by Gasteiger charge is 2.49. The van der Waals surface area contributed by atoms with Crippen molar-refractivity contribution in [2.45, 2.75) is 12.5 Å². The summed E-state index contributed by atoms with van der Waals surface area (Å²) in [6, 6.07) is 16.0. The van der Waals surface area contributed by atoms with Crippen molar-refractivity contribution in [3.63, 3.8) is 0 Å². The number of rotatable bonds is 3. The van der Waals surface area contributed by atoms with E-state index < -0.39 is 17.5 Å². The summed E-state index contributed by atoms with van der Waals surface area (Å²) in [6.07, 6.45) is 1.49. The van der Waals surface area contributed by atoms with E-state index in [0.29, 0.717) is 0 Å². The van der Waals surface area contributed by atoms with E-state index in [1.54, 1.807) is 19.1 Å². The van der Waals surface area contributed by atoms with Crippen molar-refractivity contribution in [3.05, 3.63) is 70.2 Å². The monoisotopic (exact) mass is 371 g/mol. The van der Waals surface area contributed by atoms with Crippen LogP contribution in [0.5, 0.6) is 0 Å². The molecule has 1 heterocycles.